The van der Waals surface area contributed by atoms with Gasteiger partial charge in [-0.25, -0.2) is 0 Å². The molecule has 0 aliphatic heterocycles. The van der Waals surface area contributed by atoms with Crippen molar-refractivity contribution in [3.63, 3.8) is 0 Å². The second-order valence-corrected chi connectivity index (χ2v) is 14.4. The third kappa shape index (κ3) is 4.16. The lowest BCUT2D eigenvalue weighted by Gasteiger charge is -2.15. The Morgan fingerprint density at radius 2 is 1.09 bits per heavy atom. The fraction of sp³-hybridized carbons (Fsp3) is 0.0400. The van der Waals surface area contributed by atoms with Crippen molar-refractivity contribution < 1.29 is 8.83 Å². The summed E-state index contributed by atoms with van der Waals surface area (Å²) in [5, 5.41) is 6.95. The lowest BCUT2D eigenvalue weighted by atomic mass is 9.89. The molecule has 1 aliphatic rings. The number of para-hydroxylation sites is 4. The Hall–Kier alpha value is -6.84. The van der Waals surface area contributed by atoms with Crippen molar-refractivity contribution in [1.29, 1.82) is 0 Å². The number of benzene rings is 8. The van der Waals surface area contributed by atoms with E-state index in [9.17, 15) is 0 Å². The highest BCUT2D eigenvalue weighted by atomic mass is 16.3. The molecule has 248 valence electrons. The fourth-order valence-corrected chi connectivity index (χ4v) is 9.17. The third-order valence-corrected chi connectivity index (χ3v) is 11.6. The molecule has 3 heterocycles. The Kier molecular flexibility index (Phi) is 5.89. The van der Waals surface area contributed by atoms with Crippen molar-refractivity contribution in [2.45, 2.75) is 12.3 Å². The van der Waals surface area contributed by atoms with Crippen LogP contribution >= 0.6 is 0 Å². The number of rotatable bonds is 4. The zero-order valence-electron chi connectivity index (χ0n) is 28.7. The Morgan fingerprint density at radius 3 is 2.02 bits per heavy atom. The van der Waals surface area contributed by atoms with Gasteiger partial charge in [0.2, 0.25) is 0 Å². The minimum absolute atomic E-state index is 0.223. The second-order valence-electron chi connectivity index (χ2n) is 14.4. The molecule has 0 radical (unpaired) electrons. The predicted octanol–water partition coefficient (Wildman–Crippen LogP) is 13.6. The molecule has 1 unspecified atom stereocenters. The van der Waals surface area contributed by atoms with E-state index in [0.29, 0.717) is 0 Å². The van der Waals surface area contributed by atoms with Crippen LogP contribution in [0.3, 0.4) is 0 Å². The minimum atomic E-state index is 0.223. The molecule has 0 amide bonds. The molecular formula is C50H31NO2. The van der Waals surface area contributed by atoms with Crippen LogP contribution in [-0.4, -0.2) is 4.57 Å². The molecular weight excluding hydrogens is 647 g/mol. The smallest absolute Gasteiger partial charge is 0.138 e. The van der Waals surface area contributed by atoms with Gasteiger partial charge in [0, 0.05) is 43.9 Å². The molecule has 0 bridgehead atoms. The molecule has 3 aromatic heterocycles. The SMILES string of the molecule is c1ccc(-n2c3ccccc3c3cc(-c4ccc5c(c4)-c4ccccc4C5Cc4cccc5c4oc4cc6c(cc45)oc4ccccc46)ccc32)cc1. The lowest BCUT2D eigenvalue weighted by Crippen LogP contribution is -2.01. The Bertz CT molecular complexity index is 3270. The van der Waals surface area contributed by atoms with Gasteiger partial charge in [0.1, 0.15) is 22.3 Å². The van der Waals surface area contributed by atoms with Crippen LogP contribution in [0.25, 0.3) is 93.6 Å². The van der Waals surface area contributed by atoms with Gasteiger partial charge in [-0.05, 0) is 100.0 Å². The Morgan fingerprint density at radius 1 is 0.415 bits per heavy atom. The predicted molar refractivity (Wildman–Crippen MR) is 218 cm³/mol. The van der Waals surface area contributed by atoms with E-state index >= 15 is 0 Å². The van der Waals surface area contributed by atoms with E-state index in [1.807, 2.05) is 12.1 Å². The summed E-state index contributed by atoms with van der Waals surface area (Å²) in [6.07, 6.45) is 0.852. The normalized spacial score (nSPS) is 13.9. The number of furan rings is 2. The van der Waals surface area contributed by atoms with Crippen molar-refractivity contribution in [1.82, 2.24) is 4.57 Å². The molecule has 3 heteroatoms. The molecule has 11 aromatic rings. The first-order chi connectivity index (χ1) is 26.3. The number of nitrogens with zero attached hydrogens (tertiary/aromatic N) is 1. The van der Waals surface area contributed by atoms with Crippen LogP contribution in [0, 0.1) is 0 Å². The number of hydrogen-bond donors (Lipinski definition) is 0. The van der Waals surface area contributed by atoms with Gasteiger partial charge in [-0.3, -0.25) is 0 Å². The third-order valence-electron chi connectivity index (χ3n) is 11.6. The van der Waals surface area contributed by atoms with Crippen molar-refractivity contribution in [2.75, 3.05) is 0 Å². The molecule has 1 aliphatic carbocycles. The molecule has 0 N–H and O–H groups in total. The average molecular weight is 678 g/mol. The Balaban J connectivity index is 0.963. The quantitative estimate of drug-likeness (QED) is 0.186. The van der Waals surface area contributed by atoms with Gasteiger partial charge in [0.25, 0.3) is 0 Å². The zero-order chi connectivity index (χ0) is 34.6. The van der Waals surface area contributed by atoms with E-state index in [0.717, 1.165) is 50.3 Å². The maximum Gasteiger partial charge on any atom is 0.138 e. The van der Waals surface area contributed by atoms with Crippen LogP contribution in [0.5, 0.6) is 0 Å². The van der Waals surface area contributed by atoms with Crippen LogP contribution in [-0.2, 0) is 6.42 Å². The number of fused-ring (bicyclic) bond motifs is 12. The van der Waals surface area contributed by atoms with Gasteiger partial charge in [0.05, 0.1) is 11.0 Å². The molecule has 0 fully saturated rings. The summed E-state index contributed by atoms with van der Waals surface area (Å²) in [5.41, 5.74) is 16.3. The summed E-state index contributed by atoms with van der Waals surface area (Å²) in [7, 11) is 0. The summed E-state index contributed by atoms with van der Waals surface area (Å²) in [6.45, 7) is 0. The van der Waals surface area contributed by atoms with E-state index in [1.165, 1.54) is 66.4 Å². The highest BCUT2D eigenvalue weighted by Crippen LogP contribution is 2.49. The summed E-state index contributed by atoms with van der Waals surface area (Å²) < 4.78 is 15.4. The maximum absolute atomic E-state index is 6.73. The second kappa shape index (κ2) is 10.8. The molecule has 53 heavy (non-hydrogen) atoms. The van der Waals surface area contributed by atoms with Gasteiger partial charge in [0.15, 0.2) is 0 Å². The highest BCUT2D eigenvalue weighted by molar-refractivity contribution is 6.15. The average Bonchev–Trinajstić information content (AvgIpc) is 3.95. The van der Waals surface area contributed by atoms with Gasteiger partial charge in [-0.15, -0.1) is 0 Å². The summed E-state index contributed by atoms with van der Waals surface area (Å²) >= 11 is 0. The topological polar surface area (TPSA) is 31.2 Å². The van der Waals surface area contributed by atoms with Crippen LogP contribution in [0.2, 0.25) is 0 Å². The Labute approximate surface area is 304 Å². The molecule has 12 rings (SSSR count). The van der Waals surface area contributed by atoms with E-state index in [-0.39, 0.29) is 5.92 Å². The van der Waals surface area contributed by atoms with Crippen LogP contribution in [0.1, 0.15) is 22.6 Å². The molecule has 0 spiro atoms. The van der Waals surface area contributed by atoms with E-state index < -0.39 is 0 Å². The molecule has 1 atom stereocenters. The van der Waals surface area contributed by atoms with Crippen molar-refractivity contribution in [2.24, 2.45) is 0 Å². The maximum atomic E-state index is 6.73. The van der Waals surface area contributed by atoms with Crippen molar-refractivity contribution in [3.8, 4) is 27.9 Å². The van der Waals surface area contributed by atoms with Crippen LogP contribution < -0.4 is 0 Å². The fourth-order valence-electron chi connectivity index (χ4n) is 9.17. The van der Waals surface area contributed by atoms with E-state index in [2.05, 4.69) is 162 Å². The van der Waals surface area contributed by atoms with E-state index in [1.54, 1.807) is 0 Å². The molecule has 3 nitrogen and oxygen atoms in total. The van der Waals surface area contributed by atoms with E-state index in [4.69, 9.17) is 8.83 Å². The lowest BCUT2D eigenvalue weighted by molar-refractivity contribution is 0.657. The minimum Gasteiger partial charge on any atom is -0.456 e. The molecule has 0 saturated heterocycles. The van der Waals surface area contributed by atoms with Gasteiger partial charge in [-0.1, -0.05) is 115 Å². The molecule has 0 saturated carbocycles. The largest absolute Gasteiger partial charge is 0.456 e. The number of hydrogen-bond acceptors (Lipinski definition) is 2. The first kappa shape index (κ1) is 28.8. The first-order valence-electron chi connectivity index (χ1n) is 18.3. The van der Waals surface area contributed by atoms with Gasteiger partial charge >= 0.3 is 0 Å². The standard InChI is InChI=1S/C50H31NO2/c1-2-12-33(13-3-1)51-45-19-8-6-16-37(45)42-26-31(22-24-46(42)51)30-21-23-36-40(25-30)34-14-4-5-15-35(34)41(36)27-32-11-10-18-39-44-29-48-43(28-49(44)53-50(32)39)38-17-7-9-20-47(38)52-48/h1-26,28-29,41H,27H2. The van der Waals surface area contributed by atoms with Crippen LogP contribution in [0.15, 0.2) is 179 Å². The zero-order valence-corrected chi connectivity index (χ0v) is 28.7. The number of aromatic nitrogens is 1. The summed E-state index contributed by atoms with van der Waals surface area (Å²) in [4.78, 5) is 0. The van der Waals surface area contributed by atoms with Crippen molar-refractivity contribution in [3.05, 3.63) is 187 Å². The van der Waals surface area contributed by atoms with Crippen molar-refractivity contribution >= 4 is 65.7 Å². The van der Waals surface area contributed by atoms with Gasteiger partial charge in [-0.2, -0.15) is 0 Å². The highest BCUT2D eigenvalue weighted by Gasteiger charge is 2.30. The summed E-state index contributed by atoms with van der Waals surface area (Å²) in [5.74, 6) is 0.223. The molecule has 8 aromatic carbocycles. The monoisotopic (exact) mass is 677 g/mol. The first-order valence-corrected chi connectivity index (χ1v) is 18.3. The van der Waals surface area contributed by atoms with Crippen LogP contribution in [0.4, 0.5) is 0 Å². The summed E-state index contributed by atoms with van der Waals surface area (Å²) in [6, 6.07) is 61.5. The van der Waals surface area contributed by atoms with Gasteiger partial charge < -0.3 is 13.4 Å².